The van der Waals surface area contributed by atoms with Crippen LogP contribution in [0.3, 0.4) is 0 Å². The van der Waals surface area contributed by atoms with Gasteiger partial charge in [0, 0.05) is 12.1 Å². The third kappa shape index (κ3) is 1.26. The number of carbonyl (C=O) groups is 2. The van der Waals surface area contributed by atoms with Gasteiger partial charge >= 0.3 is 0 Å². The Morgan fingerprint density at radius 2 is 2.19 bits per heavy atom. The minimum absolute atomic E-state index is 0.00919. The molecule has 27 heavy (non-hydrogen) atoms. The number of carbonyl (C=O) groups excluding carboxylic acids is 2. The number of anilines is 1. The maximum Gasteiger partial charge on any atom is 0.243 e. The highest BCUT2D eigenvalue weighted by atomic mass is 16.5. The van der Waals surface area contributed by atoms with Crippen molar-refractivity contribution < 1.29 is 23.9 Å². The number of fused-ring (bicyclic) bond motifs is 2. The van der Waals surface area contributed by atoms with Crippen molar-refractivity contribution in [3.05, 3.63) is 41.5 Å². The van der Waals surface area contributed by atoms with Gasteiger partial charge < -0.3 is 24.4 Å². The third-order valence-electron chi connectivity index (χ3n) is 8.39. The minimum Gasteiger partial charge on any atom is -0.549 e. The lowest BCUT2D eigenvalue weighted by Crippen LogP contribution is -2.73. The van der Waals surface area contributed by atoms with Gasteiger partial charge in [-0.1, -0.05) is 24.3 Å². The van der Waals surface area contributed by atoms with Crippen molar-refractivity contribution in [3.8, 4) is 0 Å². The van der Waals surface area contributed by atoms with Crippen LogP contribution >= 0.6 is 0 Å². The molecule has 6 bridgehead atoms. The van der Waals surface area contributed by atoms with Crippen LogP contribution in [0.2, 0.25) is 0 Å². The lowest BCUT2D eigenvalue weighted by molar-refractivity contribution is -0.911. The molecule has 0 radical (unpaired) electrons. The van der Waals surface area contributed by atoms with Crippen molar-refractivity contribution in [2.75, 3.05) is 32.1 Å². The van der Waals surface area contributed by atoms with Gasteiger partial charge in [-0.3, -0.25) is 4.79 Å². The van der Waals surface area contributed by atoms with Crippen LogP contribution in [0.4, 0.5) is 5.69 Å². The Balaban J connectivity index is 1.79. The first-order chi connectivity index (χ1) is 12.9. The Kier molecular flexibility index (Phi) is 2.51. The lowest BCUT2D eigenvalue weighted by atomic mass is 9.46. The van der Waals surface area contributed by atoms with Crippen molar-refractivity contribution in [2.24, 2.45) is 11.3 Å². The van der Waals surface area contributed by atoms with Crippen LogP contribution < -0.4 is 10.4 Å². The van der Waals surface area contributed by atoms with E-state index in [1.165, 1.54) is 0 Å². The Bertz CT molecular complexity index is 973. The van der Waals surface area contributed by atoms with E-state index in [-0.39, 0.29) is 18.3 Å². The number of ether oxygens (including phenoxy) is 1. The van der Waals surface area contributed by atoms with Crippen LogP contribution in [0.25, 0.3) is 0 Å². The van der Waals surface area contributed by atoms with E-state index in [1.807, 2.05) is 37.3 Å². The van der Waals surface area contributed by atoms with Crippen LogP contribution in [0.1, 0.15) is 18.9 Å². The zero-order chi connectivity index (χ0) is 18.8. The molecular weight excluding hydrogens is 344 g/mol. The molecule has 1 aromatic rings. The molecule has 1 saturated carbocycles. The predicted molar refractivity (Wildman–Crippen MR) is 94.4 cm³/mol. The lowest BCUT2D eigenvalue weighted by Gasteiger charge is -2.53. The molecule has 1 N–H and O–H groups in total. The fourth-order valence-electron chi connectivity index (χ4n) is 7.42. The van der Waals surface area contributed by atoms with E-state index in [0.717, 1.165) is 29.9 Å². The number of nitrogens with one attached hydrogen (secondary N) is 1. The summed E-state index contributed by atoms with van der Waals surface area (Å²) in [6.07, 6.45) is 2.61. The average molecular weight is 366 g/mol. The Morgan fingerprint density at radius 1 is 1.41 bits per heavy atom. The molecule has 5 fully saturated rings. The summed E-state index contributed by atoms with van der Waals surface area (Å²) < 4.78 is 6.79. The van der Waals surface area contributed by atoms with E-state index in [1.54, 1.807) is 0 Å². The maximum absolute atomic E-state index is 14.0. The first-order valence-corrected chi connectivity index (χ1v) is 9.65. The van der Waals surface area contributed by atoms with Gasteiger partial charge in [0.25, 0.3) is 0 Å². The quantitative estimate of drug-likeness (QED) is 0.567. The number of aliphatic carboxylic acids is 1. The number of allylic oxidation sites excluding steroid dienone is 1. The molecule has 6 nitrogen and oxygen atoms in total. The molecular formula is C21H22N2O4. The summed E-state index contributed by atoms with van der Waals surface area (Å²) >= 11 is 0. The molecule has 6 atom stereocenters. The molecule has 5 heterocycles. The van der Waals surface area contributed by atoms with E-state index in [0.29, 0.717) is 10.9 Å². The zero-order valence-corrected chi connectivity index (χ0v) is 15.5. The second kappa shape index (κ2) is 4.28. The van der Waals surface area contributed by atoms with Gasteiger partial charge in [0.2, 0.25) is 11.5 Å². The summed E-state index contributed by atoms with van der Waals surface area (Å²) in [7, 11) is 2.09. The smallest absolute Gasteiger partial charge is 0.243 e. The van der Waals surface area contributed by atoms with E-state index in [4.69, 9.17) is 4.74 Å². The highest BCUT2D eigenvalue weighted by Crippen LogP contribution is 2.74. The Hall–Kier alpha value is -2.18. The minimum atomic E-state index is -1.29. The predicted octanol–water partition coefficient (Wildman–Crippen LogP) is 0.190. The Labute approximate surface area is 157 Å². The molecule has 6 aliphatic rings. The topological polar surface area (TPSA) is 78.5 Å². The number of hydrogen-bond donors (Lipinski definition) is 1. The number of ketones is 1. The number of hydrogen-bond acceptors (Lipinski definition) is 5. The van der Waals surface area contributed by atoms with Gasteiger partial charge in [0.05, 0.1) is 42.9 Å². The van der Waals surface area contributed by atoms with Crippen LogP contribution in [0.15, 0.2) is 35.9 Å². The number of para-hydroxylation sites is 1. The molecule has 1 aromatic carbocycles. The molecule has 2 unspecified atom stereocenters. The number of rotatable bonds is 1. The van der Waals surface area contributed by atoms with E-state index in [2.05, 4.69) is 12.4 Å². The van der Waals surface area contributed by atoms with Gasteiger partial charge in [-0.05, 0) is 24.1 Å². The van der Waals surface area contributed by atoms with Crippen molar-refractivity contribution in [2.45, 2.75) is 30.5 Å². The molecule has 7 rings (SSSR count). The standard InChI is InChI=1S/C21H22N2O4/c1-3-12-10-23(2)9-8-20-13-6-4-5-7-14(13)22-21(20)17(24)16(23)15(12)19(20,11-27-21)18(25)26/h3-7,15-16,22H,8-11H2,1-2H3/b12-3-/t15-,16?,19+,20+,21-,23?/m1/s1. The first-order valence-electron chi connectivity index (χ1n) is 9.65. The van der Waals surface area contributed by atoms with Gasteiger partial charge in [-0.15, -0.1) is 0 Å². The summed E-state index contributed by atoms with van der Waals surface area (Å²) in [5.41, 5.74) is -0.694. The van der Waals surface area contributed by atoms with E-state index < -0.39 is 28.6 Å². The van der Waals surface area contributed by atoms with Gasteiger partial charge in [0.1, 0.15) is 6.54 Å². The van der Waals surface area contributed by atoms with Crippen LogP contribution in [0, 0.1) is 11.3 Å². The number of likely N-dealkylation sites (N-methyl/N-ethyl adjacent to an activating group) is 1. The van der Waals surface area contributed by atoms with Gasteiger partial charge in [-0.2, -0.15) is 0 Å². The summed E-state index contributed by atoms with van der Waals surface area (Å²) in [6, 6.07) is 7.30. The molecule has 1 aliphatic carbocycles. The molecule has 140 valence electrons. The van der Waals surface area contributed by atoms with Crippen molar-refractivity contribution in [1.82, 2.24) is 0 Å². The normalized spacial score (nSPS) is 49.7. The summed E-state index contributed by atoms with van der Waals surface area (Å²) in [5, 5.41) is 16.3. The molecule has 4 saturated heterocycles. The van der Waals surface area contributed by atoms with Crippen molar-refractivity contribution in [3.63, 3.8) is 0 Å². The van der Waals surface area contributed by atoms with Crippen LogP contribution in [-0.2, 0) is 19.7 Å². The number of benzene rings is 1. The Morgan fingerprint density at radius 3 is 2.93 bits per heavy atom. The second-order valence-electron chi connectivity index (χ2n) is 9.07. The summed E-state index contributed by atoms with van der Waals surface area (Å²) in [6.45, 7) is 3.43. The fourth-order valence-corrected chi connectivity index (χ4v) is 7.42. The largest absolute Gasteiger partial charge is 0.549 e. The van der Waals surface area contributed by atoms with Crippen LogP contribution in [-0.4, -0.2) is 54.7 Å². The zero-order valence-electron chi connectivity index (χ0n) is 15.5. The summed E-state index contributed by atoms with van der Waals surface area (Å²) in [5.74, 6) is -1.45. The first kappa shape index (κ1) is 15.8. The SMILES string of the molecule is C/C=C1/C[N+]2(C)CC[C@@]34c5ccccc5N[C@]35OC[C@@]4(C(=O)[O-])[C@H]1C2C5=O. The third-order valence-corrected chi connectivity index (χ3v) is 8.39. The average Bonchev–Trinajstić information content (AvgIpc) is 3.14. The molecule has 1 spiro atoms. The van der Waals surface area contributed by atoms with E-state index >= 15 is 0 Å². The molecule has 0 amide bonds. The van der Waals surface area contributed by atoms with E-state index in [9.17, 15) is 14.7 Å². The monoisotopic (exact) mass is 366 g/mol. The van der Waals surface area contributed by atoms with Gasteiger partial charge in [-0.25, -0.2) is 0 Å². The fraction of sp³-hybridized carbons (Fsp3) is 0.524. The number of nitrogens with zero attached hydrogens (tertiary/aromatic N) is 1. The highest BCUT2D eigenvalue weighted by molar-refractivity contribution is 6.04. The number of Topliss-reactive ketones (excluding diaryl/α,β-unsaturated/α-hetero) is 1. The number of carboxylic acid groups (broad SMARTS) is 1. The van der Waals surface area contributed by atoms with Crippen LogP contribution in [0.5, 0.6) is 0 Å². The van der Waals surface area contributed by atoms with Gasteiger partial charge in [0.15, 0.2) is 6.04 Å². The molecule has 5 aliphatic heterocycles. The molecule has 0 aromatic heterocycles. The summed E-state index contributed by atoms with van der Waals surface area (Å²) in [4.78, 5) is 26.9. The van der Waals surface area contributed by atoms with Crippen molar-refractivity contribution >= 4 is 17.4 Å². The highest BCUT2D eigenvalue weighted by Gasteiger charge is 2.88. The second-order valence-corrected chi connectivity index (χ2v) is 9.07. The maximum atomic E-state index is 14.0. The number of quaternary nitrogens is 1. The number of carboxylic acids is 1. The molecule has 6 heteroatoms. The van der Waals surface area contributed by atoms with Crippen molar-refractivity contribution in [1.29, 1.82) is 0 Å².